The van der Waals surface area contributed by atoms with E-state index in [9.17, 15) is 4.79 Å². The minimum absolute atomic E-state index is 0.235. The number of benzene rings is 1. The van der Waals surface area contributed by atoms with E-state index >= 15 is 0 Å². The van der Waals surface area contributed by atoms with E-state index in [1.54, 1.807) is 20.1 Å². The normalized spacial score (nSPS) is 10.5. The first-order valence-electron chi connectivity index (χ1n) is 8.03. The molecular formula is C18H24N4O2. The van der Waals surface area contributed by atoms with Crippen molar-refractivity contribution < 1.29 is 9.53 Å². The Morgan fingerprint density at radius 2 is 2.04 bits per heavy atom. The van der Waals surface area contributed by atoms with E-state index in [0.29, 0.717) is 30.5 Å². The Hall–Kier alpha value is -2.47. The van der Waals surface area contributed by atoms with Crippen LogP contribution in [0.15, 0.2) is 24.3 Å². The lowest BCUT2D eigenvalue weighted by atomic mass is 10.1. The number of nitrogens with one attached hydrogen (secondary N) is 2. The summed E-state index contributed by atoms with van der Waals surface area (Å²) in [7, 11) is 1.59. The molecular weight excluding hydrogens is 304 g/mol. The molecule has 2 rings (SSSR count). The van der Waals surface area contributed by atoms with E-state index in [2.05, 4.69) is 33.6 Å². The number of rotatable bonds is 7. The van der Waals surface area contributed by atoms with Crippen LogP contribution < -0.4 is 10.6 Å². The molecule has 1 aromatic heterocycles. The zero-order chi connectivity index (χ0) is 17.5. The Balaban J connectivity index is 2.24. The maximum atomic E-state index is 12.2. The van der Waals surface area contributed by atoms with Gasteiger partial charge in [-0.3, -0.25) is 4.79 Å². The Bertz CT molecular complexity index is 716. The van der Waals surface area contributed by atoms with Crippen LogP contribution in [-0.2, 0) is 11.2 Å². The summed E-state index contributed by atoms with van der Waals surface area (Å²) in [6.07, 6.45) is 0.915. The van der Waals surface area contributed by atoms with Gasteiger partial charge in [-0.25, -0.2) is 9.97 Å². The zero-order valence-electron chi connectivity index (χ0n) is 14.6. The van der Waals surface area contributed by atoms with Crippen molar-refractivity contribution in [2.75, 3.05) is 25.6 Å². The molecule has 0 unspecified atom stereocenters. The van der Waals surface area contributed by atoms with Gasteiger partial charge in [0, 0.05) is 25.4 Å². The number of hydrogen-bond donors (Lipinski definition) is 2. The number of para-hydroxylation sites is 1. The molecule has 2 aromatic rings. The molecule has 6 nitrogen and oxygen atoms in total. The molecule has 24 heavy (non-hydrogen) atoms. The molecule has 6 heteroatoms. The maximum Gasteiger partial charge on any atom is 0.270 e. The Morgan fingerprint density at radius 3 is 2.75 bits per heavy atom. The number of carbonyl (C=O) groups is 1. The summed E-state index contributed by atoms with van der Waals surface area (Å²) in [5.74, 6) is 0.924. The van der Waals surface area contributed by atoms with Gasteiger partial charge in [-0.05, 0) is 31.4 Å². The highest BCUT2D eigenvalue weighted by molar-refractivity contribution is 5.93. The Morgan fingerprint density at radius 1 is 1.25 bits per heavy atom. The summed E-state index contributed by atoms with van der Waals surface area (Å²) in [5, 5.41) is 6.11. The second kappa shape index (κ2) is 8.40. The van der Waals surface area contributed by atoms with E-state index in [-0.39, 0.29) is 5.91 Å². The molecule has 0 saturated carbocycles. The molecule has 2 N–H and O–H groups in total. The molecule has 0 bridgehead atoms. The Labute approximate surface area is 142 Å². The van der Waals surface area contributed by atoms with Gasteiger partial charge in [-0.1, -0.05) is 25.1 Å². The predicted octanol–water partition coefficient (Wildman–Crippen LogP) is 2.78. The molecule has 128 valence electrons. The van der Waals surface area contributed by atoms with Gasteiger partial charge in [-0.2, -0.15) is 0 Å². The minimum atomic E-state index is -0.235. The number of carbonyl (C=O) groups excluding carboxylic acids is 1. The average molecular weight is 328 g/mol. The largest absolute Gasteiger partial charge is 0.383 e. The molecule has 1 aromatic carbocycles. The van der Waals surface area contributed by atoms with Crippen LogP contribution in [0.25, 0.3) is 0 Å². The summed E-state index contributed by atoms with van der Waals surface area (Å²) in [6, 6.07) is 7.84. The molecule has 0 spiro atoms. The summed E-state index contributed by atoms with van der Waals surface area (Å²) in [4.78, 5) is 20.8. The lowest BCUT2D eigenvalue weighted by molar-refractivity contribution is 0.0932. The fourth-order valence-corrected chi connectivity index (χ4v) is 2.44. The highest BCUT2D eigenvalue weighted by Crippen LogP contribution is 2.24. The van der Waals surface area contributed by atoms with Gasteiger partial charge in [0.05, 0.1) is 6.61 Å². The van der Waals surface area contributed by atoms with E-state index < -0.39 is 0 Å². The number of hydrogen-bond acceptors (Lipinski definition) is 5. The minimum Gasteiger partial charge on any atom is -0.383 e. The summed E-state index contributed by atoms with van der Waals surface area (Å²) in [5.41, 5.74) is 3.71. The number of aromatic nitrogens is 2. The molecule has 0 fully saturated rings. The topological polar surface area (TPSA) is 76.1 Å². The van der Waals surface area contributed by atoms with Crippen molar-refractivity contribution in [3.05, 3.63) is 46.9 Å². The molecule has 0 aliphatic rings. The van der Waals surface area contributed by atoms with Crippen LogP contribution in [0.3, 0.4) is 0 Å². The monoisotopic (exact) mass is 328 g/mol. The highest BCUT2D eigenvalue weighted by Gasteiger charge is 2.12. The van der Waals surface area contributed by atoms with Crippen molar-refractivity contribution in [2.45, 2.75) is 27.2 Å². The first kappa shape index (κ1) is 17.9. The number of ether oxygens (including phenoxy) is 1. The molecule has 0 radical (unpaired) electrons. The lowest BCUT2D eigenvalue weighted by Crippen LogP contribution is -2.28. The van der Waals surface area contributed by atoms with Gasteiger partial charge in [0.15, 0.2) is 0 Å². The smallest absolute Gasteiger partial charge is 0.270 e. The third-order valence-corrected chi connectivity index (χ3v) is 3.66. The molecule has 0 aliphatic carbocycles. The van der Waals surface area contributed by atoms with Gasteiger partial charge < -0.3 is 15.4 Å². The van der Waals surface area contributed by atoms with Crippen molar-refractivity contribution in [3.63, 3.8) is 0 Å². The quantitative estimate of drug-likeness (QED) is 0.764. The summed E-state index contributed by atoms with van der Waals surface area (Å²) >= 11 is 0. The second-order valence-electron chi connectivity index (χ2n) is 5.52. The summed E-state index contributed by atoms with van der Waals surface area (Å²) < 4.78 is 4.93. The fraction of sp³-hybridized carbons (Fsp3) is 0.389. The van der Waals surface area contributed by atoms with Crippen LogP contribution >= 0.6 is 0 Å². The molecule has 1 heterocycles. The first-order valence-corrected chi connectivity index (χ1v) is 8.03. The van der Waals surface area contributed by atoms with Crippen LogP contribution in [0, 0.1) is 13.8 Å². The van der Waals surface area contributed by atoms with Crippen LogP contribution in [0.1, 0.15) is 34.4 Å². The zero-order valence-corrected chi connectivity index (χ0v) is 14.6. The SMILES string of the molecule is CCc1cccc(C)c1Nc1cc(C(=O)NCCOC)nc(C)n1. The second-order valence-corrected chi connectivity index (χ2v) is 5.52. The highest BCUT2D eigenvalue weighted by atomic mass is 16.5. The van der Waals surface area contributed by atoms with Gasteiger partial charge in [0.1, 0.15) is 17.3 Å². The van der Waals surface area contributed by atoms with E-state index in [4.69, 9.17) is 4.74 Å². The molecule has 1 amide bonds. The van der Waals surface area contributed by atoms with E-state index in [0.717, 1.165) is 17.7 Å². The standard InChI is InChI=1S/C18H24N4O2/c1-5-14-8-6-7-12(2)17(14)22-16-11-15(20-13(3)21-16)18(23)19-9-10-24-4/h6-8,11H,5,9-10H2,1-4H3,(H,19,23)(H,20,21,22). The third-order valence-electron chi connectivity index (χ3n) is 3.66. The molecule has 0 atom stereocenters. The predicted molar refractivity (Wildman–Crippen MR) is 94.8 cm³/mol. The van der Waals surface area contributed by atoms with Crippen LogP contribution in [-0.4, -0.2) is 36.1 Å². The van der Waals surface area contributed by atoms with E-state index in [1.165, 1.54) is 5.56 Å². The lowest BCUT2D eigenvalue weighted by Gasteiger charge is -2.14. The average Bonchev–Trinajstić information content (AvgIpc) is 2.56. The number of aryl methyl sites for hydroxylation is 3. The number of methoxy groups -OCH3 is 1. The van der Waals surface area contributed by atoms with Crippen LogP contribution in [0.4, 0.5) is 11.5 Å². The first-order chi connectivity index (χ1) is 11.5. The molecule has 0 saturated heterocycles. The maximum absolute atomic E-state index is 12.2. The van der Waals surface area contributed by atoms with Crippen molar-refractivity contribution in [3.8, 4) is 0 Å². The molecule has 0 aliphatic heterocycles. The summed E-state index contributed by atoms with van der Waals surface area (Å²) in [6.45, 7) is 6.84. The van der Waals surface area contributed by atoms with Crippen molar-refractivity contribution in [2.24, 2.45) is 0 Å². The number of nitrogens with zero attached hydrogens (tertiary/aromatic N) is 2. The van der Waals surface area contributed by atoms with Crippen molar-refractivity contribution >= 4 is 17.4 Å². The van der Waals surface area contributed by atoms with E-state index in [1.807, 2.05) is 19.1 Å². The van der Waals surface area contributed by atoms with Gasteiger partial charge in [0.2, 0.25) is 0 Å². The third kappa shape index (κ3) is 4.52. The van der Waals surface area contributed by atoms with Gasteiger partial charge >= 0.3 is 0 Å². The van der Waals surface area contributed by atoms with Crippen LogP contribution in [0.5, 0.6) is 0 Å². The Kier molecular flexibility index (Phi) is 6.26. The van der Waals surface area contributed by atoms with Crippen molar-refractivity contribution in [1.29, 1.82) is 0 Å². The van der Waals surface area contributed by atoms with Gasteiger partial charge in [-0.15, -0.1) is 0 Å². The fourth-order valence-electron chi connectivity index (χ4n) is 2.44. The van der Waals surface area contributed by atoms with Crippen LogP contribution in [0.2, 0.25) is 0 Å². The number of amides is 1. The number of anilines is 2. The van der Waals surface area contributed by atoms with Gasteiger partial charge in [0.25, 0.3) is 5.91 Å². The van der Waals surface area contributed by atoms with Crippen molar-refractivity contribution in [1.82, 2.24) is 15.3 Å².